The van der Waals surface area contributed by atoms with Crippen molar-refractivity contribution >= 4 is 22.8 Å². The lowest BCUT2D eigenvalue weighted by Gasteiger charge is -1.99. The van der Waals surface area contributed by atoms with Crippen LogP contribution in [0.2, 0.25) is 0 Å². The van der Waals surface area contributed by atoms with E-state index in [-0.39, 0.29) is 11.5 Å². The smallest absolute Gasteiger partial charge is 0.273 e. The second-order valence-electron chi connectivity index (χ2n) is 4.05. The van der Waals surface area contributed by atoms with E-state index in [0.717, 1.165) is 11.0 Å². The van der Waals surface area contributed by atoms with Gasteiger partial charge in [-0.05, 0) is 12.1 Å². The SMILES string of the molecule is NC(=O)c1nnn(Cc2nc3ccccc3[nH]2)c1N. The number of primary amides is 1. The molecule has 5 N–H and O–H groups in total. The van der Waals surface area contributed by atoms with Gasteiger partial charge in [-0.25, -0.2) is 9.67 Å². The topological polar surface area (TPSA) is 129 Å². The minimum absolute atomic E-state index is 0.0314. The number of amides is 1. The van der Waals surface area contributed by atoms with Crippen LogP contribution < -0.4 is 11.5 Å². The van der Waals surface area contributed by atoms with Crippen LogP contribution in [0.3, 0.4) is 0 Å². The van der Waals surface area contributed by atoms with E-state index >= 15 is 0 Å². The highest BCUT2D eigenvalue weighted by Gasteiger charge is 2.15. The summed E-state index contributed by atoms with van der Waals surface area (Å²) in [5.41, 5.74) is 12.6. The molecule has 0 saturated carbocycles. The zero-order valence-corrected chi connectivity index (χ0v) is 9.87. The van der Waals surface area contributed by atoms with Gasteiger partial charge in [0.1, 0.15) is 12.4 Å². The van der Waals surface area contributed by atoms with Crippen LogP contribution in [0, 0.1) is 0 Å². The number of nitrogens with zero attached hydrogens (tertiary/aromatic N) is 4. The molecule has 0 spiro atoms. The average molecular weight is 257 g/mol. The molecule has 0 aliphatic rings. The number of aromatic amines is 1. The van der Waals surface area contributed by atoms with Crippen LogP contribution in [-0.2, 0) is 6.54 Å². The molecule has 1 amide bonds. The first kappa shape index (κ1) is 11.2. The predicted octanol–water partition coefficient (Wildman–Crippen LogP) is -0.116. The molecule has 1 aromatic carbocycles. The third kappa shape index (κ3) is 1.88. The highest BCUT2D eigenvalue weighted by Crippen LogP contribution is 2.13. The Labute approximate surface area is 107 Å². The number of hydrogen-bond donors (Lipinski definition) is 3. The largest absolute Gasteiger partial charge is 0.382 e. The Kier molecular flexibility index (Phi) is 2.41. The van der Waals surface area contributed by atoms with Crippen LogP contribution in [-0.4, -0.2) is 30.9 Å². The molecule has 0 aliphatic carbocycles. The fraction of sp³-hybridized carbons (Fsp3) is 0.0909. The van der Waals surface area contributed by atoms with Gasteiger partial charge in [0.2, 0.25) is 0 Å². The van der Waals surface area contributed by atoms with Crippen molar-refractivity contribution < 1.29 is 4.79 Å². The van der Waals surface area contributed by atoms with Crippen LogP contribution in [0.1, 0.15) is 16.3 Å². The molecule has 0 radical (unpaired) electrons. The van der Waals surface area contributed by atoms with E-state index in [1.165, 1.54) is 4.68 Å². The quantitative estimate of drug-likeness (QED) is 0.602. The van der Waals surface area contributed by atoms with Crippen LogP contribution in [0.15, 0.2) is 24.3 Å². The summed E-state index contributed by atoms with van der Waals surface area (Å²) in [6.45, 7) is 0.292. The Morgan fingerprint density at radius 1 is 1.37 bits per heavy atom. The predicted molar refractivity (Wildman–Crippen MR) is 68.1 cm³/mol. The molecule has 3 rings (SSSR count). The number of benzene rings is 1. The van der Waals surface area contributed by atoms with Gasteiger partial charge in [-0.2, -0.15) is 0 Å². The summed E-state index contributed by atoms with van der Waals surface area (Å²) in [5, 5.41) is 7.42. The summed E-state index contributed by atoms with van der Waals surface area (Å²) in [5.74, 6) is 0.107. The maximum atomic E-state index is 11.0. The van der Waals surface area contributed by atoms with E-state index in [1.807, 2.05) is 24.3 Å². The Morgan fingerprint density at radius 2 is 2.16 bits per heavy atom. The molecule has 0 unspecified atom stereocenters. The van der Waals surface area contributed by atoms with E-state index in [2.05, 4.69) is 20.3 Å². The molecule has 3 aromatic rings. The maximum Gasteiger partial charge on any atom is 0.273 e. The lowest BCUT2D eigenvalue weighted by Crippen LogP contribution is -2.15. The fourth-order valence-corrected chi connectivity index (χ4v) is 1.84. The van der Waals surface area contributed by atoms with Crippen molar-refractivity contribution in [1.82, 2.24) is 25.0 Å². The second-order valence-corrected chi connectivity index (χ2v) is 4.05. The van der Waals surface area contributed by atoms with Crippen molar-refractivity contribution in [3.63, 3.8) is 0 Å². The van der Waals surface area contributed by atoms with Crippen molar-refractivity contribution in [2.45, 2.75) is 6.54 Å². The molecule has 0 atom stereocenters. The zero-order chi connectivity index (χ0) is 13.4. The number of carbonyl (C=O) groups is 1. The summed E-state index contributed by atoms with van der Waals surface area (Å²) in [7, 11) is 0. The highest BCUT2D eigenvalue weighted by molar-refractivity contribution is 5.94. The average Bonchev–Trinajstić information content (AvgIpc) is 2.94. The molecule has 96 valence electrons. The van der Waals surface area contributed by atoms with E-state index in [1.54, 1.807) is 0 Å². The third-order valence-corrected chi connectivity index (χ3v) is 2.74. The number of H-pyrrole nitrogens is 1. The number of nitrogens with one attached hydrogen (secondary N) is 1. The number of rotatable bonds is 3. The van der Waals surface area contributed by atoms with Gasteiger partial charge >= 0.3 is 0 Å². The van der Waals surface area contributed by atoms with Gasteiger partial charge in [0.25, 0.3) is 5.91 Å². The first-order chi connectivity index (χ1) is 9.15. The van der Waals surface area contributed by atoms with Crippen molar-refractivity contribution in [3.05, 3.63) is 35.8 Å². The Hall–Kier alpha value is -2.90. The van der Waals surface area contributed by atoms with E-state index in [9.17, 15) is 4.79 Å². The zero-order valence-electron chi connectivity index (χ0n) is 9.87. The normalized spacial score (nSPS) is 10.9. The number of anilines is 1. The summed E-state index contributed by atoms with van der Waals surface area (Å²) in [6.07, 6.45) is 0. The Bertz CT molecular complexity index is 724. The first-order valence-corrected chi connectivity index (χ1v) is 5.57. The molecule has 0 aliphatic heterocycles. The molecule has 2 aromatic heterocycles. The first-order valence-electron chi connectivity index (χ1n) is 5.57. The third-order valence-electron chi connectivity index (χ3n) is 2.74. The van der Waals surface area contributed by atoms with Gasteiger partial charge in [0.05, 0.1) is 11.0 Å². The van der Waals surface area contributed by atoms with Crippen LogP contribution in [0.25, 0.3) is 11.0 Å². The molecule has 8 nitrogen and oxygen atoms in total. The number of carbonyl (C=O) groups excluding carboxylic acids is 1. The minimum atomic E-state index is -0.701. The molecular formula is C11H11N7O. The highest BCUT2D eigenvalue weighted by atomic mass is 16.1. The van der Waals surface area contributed by atoms with Gasteiger partial charge in [-0.15, -0.1) is 5.10 Å². The standard InChI is InChI=1S/C11H11N7O/c12-10-9(11(13)19)16-17-18(10)5-8-14-6-3-1-2-4-7(6)15-8/h1-4H,5,12H2,(H2,13,19)(H,14,15). The number of nitrogens with two attached hydrogens (primary N) is 2. The number of hydrogen-bond acceptors (Lipinski definition) is 5. The van der Waals surface area contributed by atoms with Gasteiger partial charge in [0, 0.05) is 0 Å². The number of imidazole rings is 1. The molecular weight excluding hydrogens is 246 g/mol. The van der Waals surface area contributed by atoms with Crippen LogP contribution in [0.4, 0.5) is 5.82 Å². The Morgan fingerprint density at radius 3 is 2.84 bits per heavy atom. The van der Waals surface area contributed by atoms with E-state index in [0.29, 0.717) is 12.4 Å². The van der Waals surface area contributed by atoms with Crippen molar-refractivity contribution in [3.8, 4) is 0 Å². The molecule has 19 heavy (non-hydrogen) atoms. The van der Waals surface area contributed by atoms with Gasteiger partial charge in [-0.3, -0.25) is 4.79 Å². The number of nitrogen functional groups attached to an aromatic ring is 1. The van der Waals surface area contributed by atoms with Gasteiger partial charge < -0.3 is 16.5 Å². The van der Waals surface area contributed by atoms with E-state index in [4.69, 9.17) is 11.5 Å². The van der Waals surface area contributed by atoms with Crippen LogP contribution >= 0.6 is 0 Å². The Balaban J connectivity index is 1.94. The fourth-order valence-electron chi connectivity index (χ4n) is 1.84. The summed E-state index contributed by atoms with van der Waals surface area (Å²) >= 11 is 0. The lowest BCUT2D eigenvalue weighted by molar-refractivity contribution is 0.0996. The monoisotopic (exact) mass is 257 g/mol. The number of para-hydroxylation sites is 2. The van der Waals surface area contributed by atoms with Crippen molar-refractivity contribution in [2.24, 2.45) is 5.73 Å². The summed E-state index contributed by atoms with van der Waals surface area (Å²) in [6, 6.07) is 7.64. The molecule has 8 heteroatoms. The number of fused-ring (bicyclic) bond motifs is 1. The van der Waals surface area contributed by atoms with Crippen LogP contribution in [0.5, 0.6) is 0 Å². The summed E-state index contributed by atoms with van der Waals surface area (Å²) < 4.78 is 1.37. The summed E-state index contributed by atoms with van der Waals surface area (Å²) in [4.78, 5) is 18.6. The lowest BCUT2D eigenvalue weighted by atomic mass is 10.3. The van der Waals surface area contributed by atoms with Crippen molar-refractivity contribution in [1.29, 1.82) is 0 Å². The minimum Gasteiger partial charge on any atom is -0.382 e. The molecule has 2 heterocycles. The van der Waals surface area contributed by atoms with Gasteiger partial charge in [0.15, 0.2) is 11.5 Å². The molecule has 0 saturated heterocycles. The molecule has 0 fully saturated rings. The van der Waals surface area contributed by atoms with E-state index < -0.39 is 5.91 Å². The van der Waals surface area contributed by atoms with Gasteiger partial charge in [-0.1, -0.05) is 17.3 Å². The second kappa shape index (κ2) is 4.09. The molecule has 0 bridgehead atoms. The van der Waals surface area contributed by atoms with Crippen molar-refractivity contribution in [2.75, 3.05) is 5.73 Å². The number of aromatic nitrogens is 5. The maximum absolute atomic E-state index is 11.0.